The predicted octanol–water partition coefficient (Wildman–Crippen LogP) is 5.12. The maximum Gasteiger partial charge on any atom is 0.343 e. The van der Waals surface area contributed by atoms with Gasteiger partial charge in [-0.25, -0.2) is 9.59 Å². The lowest BCUT2D eigenvalue weighted by Crippen LogP contribution is -2.08. The number of hydrogen-bond donors (Lipinski definition) is 4. The first-order valence-electron chi connectivity index (χ1n) is 10.6. The monoisotopic (exact) mass is 484 g/mol. The lowest BCUT2D eigenvalue weighted by Gasteiger charge is -2.06. The van der Waals surface area contributed by atoms with E-state index in [0.29, 0.717) is 11.5 Å². The lowest BCUT2D eigenvalue weighted by atomic mass is 10.1. The second kappa shape index (κ2) is 10.4. The molecule has 0 amide bonds. The van der Waals surface area contributed by atoms with Crippen LogP contribution in [0.4, 0.5) is 0 Å². The summed E-state index contributed by atoms with van der Waals surface area (Å²) in [6.07, 6.45) is 3.63. The van der Waals surface area contributed by atoms with Crippen LogP contribution in [0.2, 0.25) is 0 Å². The normalized spacial score (nSPS) is 10.8. The van der Waals surface area contributed by atoms with Gasteiger partial charge in [-0.05, 0) is 71.8 Å². The van der Waals surface area contributed by atoms with Gasteiger partial charge in [-0.2, -0.15) is 0 Å². The number of hydrogen-bond acceptors (Lipinski definition) is 8. The molecular weight excluding hydrogens is 464 g/mol. The van der Waals surface area contributed by atoms with Gasteiger partial charge in [-0.1, -0.05) is 36.4 Å². The Morgan fingerprint density at radius 1 is 0.528 bits per heavy atom. The van der Waals surface area contributed by atoms with Gasteiger partial charge in [0, 0.05) is 0 Å². The number of aromatic hydroxyl groups is 4. The summed E-state index contributed by atoms with van der Waals surface area (Å²) in [6, 6.07) is 20.9. The zero-order chi connectivity index (χ0) is 25.7. The summed E-state index contributed by atoms with van der Waals surface area (Å²) in [5, 5.41) is 37.8. The van der Waals surface area contributed by atoms with E-state index in [1.807, 2.05) is 18.2 Å². The van der Waals surface area contributed by atoms with Crippen molar-refractivity contribution in [3.63, 3.8) is 0 Å². The van der Waals surface area contributed by atoms with Crippen molar-refractivity contribution in [2.24, 2.45) is 0 Å². The number of benzene rings is 4. The third kappa shape index (κ3) is 5.81. The second-order valence-electron chi connectivity index (χ2n) is 7.66. The van der Waals surface area contributed by atoms with Crippen LogP contribution in [0.3, 0.4) is 0 Å². The van der Waals surface area contributed by atoms with Crippen molar-refractivity contribution >= 4 is 24.1 Å². The Morgan fingerprint density at radius 3 is 1.61 bits per heavy atom. The van der Waals surface area contributed by atoms with Crippen molar-refractivity contribution in [2.75, 3.05) is 0 Å². The third-order valence-electron chi connectivity index (χ3n) is 5.05. The van der Waals surface area contributed by atoms with Crippen LogP contribution in [0.15, 0.2) is 84.9 Å². The van der Waals surface area contributed by atoms with E-state index < -0.39 is 23.4 Å². The van der Waals surface area contributed by atoms with Gasteiger partial charge in [0.1, 0.15) is 11.5 Å². The molecular formula is C28H20O8. The maximum absolute atomic E-state index is 12.3. The average Bonchev–Trinajstić information content (AvgIpc) is 2.87. The van der Waals surface area contributed by atoms with Gasteiger partial charge < -0.3 is 29.9 Å². The molecule has 4 rings (SSSR count). The van der Waals surface area contributed by atoms with Crippen LogP contribution in [-0.4, -0.2) is 32.4 Å². The van der Waals surface area contributed by atoms with Crippen molar-refractivity contribution in [2.45, 2.75) is 0 Å². The van der Waals surface area contributed by atoms with Crippen LogP contribution < -0.4 is 9.47 Å². The van der Waals surface area contributed by atoms with Gasteiger partial charge in [0.15, 0.2) is 23.0 Å². The fourth-order valence-corrected chi connectivity index (χ4v) is 3.15. The number of esters is 2. The van der Waals surface area contributed by atoms with Crippen LogP contribution >= 0.6 is 0 Å². The molecule has 0 fully saturated rings. The molecule has 4 aromatic rings. The van der Waals surface area contributed by atoms with Crippen molar-refractivity contribution in [3.8, 4) is 34.5 Å². The molecule has 0 unspecified atom stereocenters. The zero-order valence-corrected chi connectivity index (χ0v) is 18.7. The number of phenols is 4. The zero-order valence-electron chi connectivity index (χ0n) is 18.7. The van der Waals surface area contributed by atoms with Crippen LogP contribution in [0.1, 0.15) is 31.8 Å². The van der Waals surface area contributed by atoms with Crippen molar-refractivity contribution in [3.05, 3.63) is 107 Å². The molecule has 4 N–H and O–H groups in total. The summed E-state index contributed by atoms with van der Waals surface area (Å²) in [6.45, 7) is 0. The molecule has 0 saturated heterocycles. The Morgan fingerprint density at radius 2 is 1.06 bits per heavy atom. The first-order chi connectivity index (χ1) is 17.3. The molecule has 0 heterocycles. The molecule has 0 bridgehead atoms. The number of ether oxygens (including phenoxy) is 2. The van der Waals surface area contributed by atoms with Gasteiger partial charge in [0.05, 0.1) is 11.1 Å². The largest absolute Gasteiger partial charge is 0.504 e. The summed E-state index contributed by atoms with van der Waals surface area (Å²) in [7, 11) is 0. The van der Waals surface area contributed by atoms with E-state index in [9.17, 15) is 30.0 Å². The van der Waals surface area contributed by atoms with Crippen LogP contribution in [-0.2, 0) is 0 Å². The molecule has 4 aromatic carbocycles. The van der Waals surface area contributed by atoms with Crippen molar-refractivity contribution in [1.82, 2.24) is 0 Å². The summed E-state index contributed by atoms with van der Waals surface area (Å²) in [5.74, 6) is -2.24. The Labute approximate surface area is 205 Å². The van der Waals surface area contributed by atoms with Gasteiger partial charge in [-0.15, -0.1) is 0 Å². The molecule has 0 aliphatic rings. The molecule has 36 heavy (non-hydrogen) atoms. The minimum atomic E-state index is -0.681. The van der Waals surface area contributed by atoms with Crippen LogP contribution in [0.25, 0.3) is 12.2 Å². The highest BCUT2D eigenvalue weighted by Crippen LogP contribution is 2.27. The number of phenolic OH excluding ortho intramolecular Hbond substituents is 4. The molecule has 0 spiro atoms. The minimum Gasteiger partial charge on any atom is -0.504 e. The van der Waals surface area contributed by atoms with Crippen LogP contribution in [0.5, 0.6) is 34.5 Å². The third-order valence-corrected chi connectivity index (χ3v) is 5.05. The molecule has 180 valence electrons. The van der Waals surface area contributed by atoms with E-state index in [1.165, 1.54) is 24.3 Å². The molecule has 0 atom stereocenters. The quantitative estimate of drug-likeness (QED) is 0.128. The lowest BCUT2D eigenvalue weighted by molar-refractivity contribution is 0.0724. The van der Waals surface area contributed by atoms with Crippen molar-refractivity contribution < 1.29 is 39.5 Å². The van der Waals surface area contributed by atoms with Gasteiger partial charge in [-0.3, -0.25) is 0 Å². The van der Waals surface area contributed by atoms with E-state index in [0.717, 1.165) is 23.3 Å². The first-order valence-corrected chi connectivity index (χ1v) is 10.6. The topological polar surface area (TPSA) is 134 Å². The molecule has 0 saturated carbocycles. The second-order valence-corrected chi connectivity index (χ2v) is 7.66. The molecule has 0 aromatic heterocycles. The van der Waals surface area contributed by atoms with E-state index in [2.05, 4.69) is 0 Å². The molecule has 0 aliphatic heterocycles. The SMILES string of the molecule is O=C(Oc1ccc(/C=C/c2cccc(OC(=O)c3ccc(O)c(O)c3)c2)cc1)c1ccc(O)c(O)c1. The van der Waals surface area contributed by atoms with E-state index in [-0.39, 0.29) is 22.6 Å². The Hall–Kier alpha value is -5.24. The van der Waals surface area contributed by atoms with E-state index in [4.69, 9.17) is 9.47 Å². The standard InChI is InChI=1S/C28H20O8/c29-23-12-8-19(15-25(23)31)27(33)35-21-10-6-17(7-11-21)4-5-18-2-1-3-22(14-18)36-28(34)20-9-13-24(30)26(32)16-20/h1-16,29-32H/b5-4+. The van der Waals surface area contributed by atoms with Gasteiger partial charge in [0.25, 0.3) is 0 Å². The Balaban J connectivity index is 1.39. The predicted molar refractivity (Wildman–Crippen MR) is 131 cm³/mol. The number of carbonyl (C=O) groups excluding carboxylic acids is 2. The summed E-state index contributed by atoms with van der Waals surface area (Å²) in [5.41, 5.74) is 1.77. The maximum atomic E-state index is 12.3. The van der Waals surface area contributed by atoms with E-state index >= 15 is 0 Å². The summed E-state index contributed by atoms with van der Waals surface area (Å²) < 4.78 is 10.6. The number of carbonyl (C=O) groups is 2. The molecule has 0 aliphatic carbocycles. The van der Waals surface area contributed by atoms with E-state index in [1.54, 1.807) is 42.5 Å². The number of rotatable bonds is 6. The first kappa shape index (κ1) is 23.9. The Bertz CT molecular complexity index is 1460. The highest BCUT2D eigenvalue weighted by Gasteiger charge is 2.12. The summed E-state index contributed by atoms with van der Waals surface area (Å²) >= 11 is 0. The van der Waals surface area contributed by atoms with Crippen molar-refractivity contribution in [1.29, 1.82) is 0 Å². The molecule has 0 radical (unpaired) electrons. The van der Waals surface area contributed by atoms with Crippen LogP contribution in [0, 0.1) is 0 Å². The summed E-state index contributed by atoms with van der Waals surface area (Å²) in [4.78, 5) is 24.5. The minimum absolute atomic E-state index is 0.0919. The highest BCUT2D eigenvalue weighted by atomic mass is 16.5. The smallest absolute Gasteiger partial charge is 0.343 e. The van der Waals surface area contributed by atoms with Gasteiger partial charge in [0.2, 0.25) is 0 Å². The van der Waals surface area contributed by atoms with Gasteiger partial charge >= 0.3 is 11.9 Å². The highest BCUT2D eigenvalue weighted by molar-refractivity contribution is 5.92. The Kier molecular flexibility index (Phi) is 6.87. The fraction of sp³-hybridized carbons (Fsp3) is 0. The fourth-order valence-electron chi connectivity index (χ4n) is 3.15. The molecule has 8 heteroatoms. The molecule has 8 nitrogen and oxygen atoms in total. The average molecular weight is 484 g/mol.